The van der Waals surface area contributed by atoms with E-state index in [1.54, 1.807) is 0 Å². The maximum Gasteiger partial charge on any atom is 0.275 e. The average Bonchev–Trinajstić information content (AvgIpc) is 3.05. The van der Waals surface area contributed by atoms with E-state index < -0.39 is 0 Å². The molecule has 122 valence electrons. The van der Waals surface area contributed by atoms with Gasteiger partial charge in [-0.25, -0.2) is 0 Å². The number of amides is 1. The van der Waals surface area contributed by atoms with Crippen LogP contribution in [-0.2, 0) is 0 Å². The highest BCUT2D eigenvalue weighted by Crippen LogP contribution is 2.23. The predicted molar refractivity (Wildman–Crippen MR) is 94.2 cm³/mol. The van der Waals surface area contributed by atoms with Gasteiger partial charge in [0, 0.05) is 30.0 Å². The zero-order valence-corrected chi connectivity index (χ0v) is 13.8. The number of nitrogens with zero attached hydrogens (tertiary/aromatic N) is 2. The lowest BCUT2D eigenvalue weighted by Gasteiger charge is -2.33. The molecule has 1 unspecified atom stereocenters. The van der Waals surface area contributed by atoms with Gasteiger partial charge in [-0.1, -0.05) is 41.9 Å². The molecule has 0 saturated carbocycles. The number of para-hydroxylation sites is 1. The number of aromatic amines is 1. The van der Waals surface area contributed by atoms with Crippen molar-refractivity contribution < 1.29 is 4.79 Å². The second-order valence-corrected chi connectivity index (χ2v) is 6.37. The Hall–Kier alpha value is -2.37. The van der Waals surface area contributed by atoms with E-state index in [2.05, 4.69) is 15.5 Å². The van der Waals surface area contributed by atoms with Crippen molar-refractivity contribution in [2.24, 2.45) is 0 Å². The molecule has 0 spiro atoms. The van der Waals surface area contributed by atoms with Crippen LogP contribution in [0.5, 0.6) is 0 Å². The average molecular weight is 341 g/mol. The van der Waals surface area contributed by atoms with E-state index in [0.717, 1.165) is 23.0 Å². The van der Waals surface area contributed by atoms with Gasteiger partial charge in [0.2, 0.25) is 0 Å². The molecule has 0 aliphatic carbocycles. The molecule has 24 heavy (non-hydrogen) atoms. The summed E-state index contributed by atoms with van der Waals surface area (Å²) in [7, 11) is 0. The summed E-state index contributed by atoms with van der Waals surface area (Å²) in [6.07, 6.45) is 0. The number of carbonyl (C=O) groups excluding carboxylic acids is 1. The first kappa shape index (κ1) is 15.2. The second kappa shape index (κ2) is 6.26. The maximum absolute atomic E-state index is 12.9. The third-order valence-corrected chi connectivity index (χ3v) is 4.62. The lowest BCUT2D eigenvalue weighted by Crippen LogP contribution is -2.48. The fourth-order valence-electron chi connectivity index (χ4n) is 3.16. The SMILES string of the molecule is O=C(c1n[nH]c2ccccc12)N1CCNC(c2cccc(Cl)c2)C1. The molecule has 2 N–H and O–H groups in total. The highest BCUT2D eigenvalue weighted by molar-refractivity contribution is 6.30. The normalized spacial score (nSPS) is 18.0. The number of halogens is 1. The van der Waals surface area contributed by atoms with Gasteiger partial charge in [0.25, 0.3) is 5.91 Å². The first-order valence-electron chi connectivity index (χ1n) is 7.93. The van der Waals surface area contributed by atoms with Crippen LogP contribution >= 0.6 is 11.6 Å². The number of carbonyl (C=O) groups is 1. The molecule has 3 aromatic rings. The molecule has 1 aliphatic heterocycles. The molecule has 2 aromatic carbocycles. The smallest absolute Gasteiger partial charge is 0.275 e. The Morgan fingerprint density at radius 2 is 2.08 bits per heavy atom. The number of H-pyrrole nitrogens is 1. The zero-order chi connectivity index (χ0) is 16.5. The molecule has 1 aromatic heterocycles. The van der Waals surface area contributed by atoms with Gasteiger partial charge in [-0.2, -0.15) is 5.10 Å². The third kappa shape index (κ3) is 2.77. The summed E-state index contributed by atoms with van der Waals surface area (Å²) in [4.78, 5) is 14.8. The van der Waals surface area contributed by atoms with Crippen molar-refractivity contribution in [2.75, 3.05) is 19.6 Å². The highest BCUT2D eigenvalue weighted by atomic mass is 35.5. The molecule has 1 fully saturated rings. The molecule has 1 amide bonds. The number of aromatic nitrogens is 2. The first-order chi connectivity index (χ1) is 11.7. The van der Waals surface area contributed by atoms with Crippen molar-refractivity contribution in [2.45, 2.75) is 6.04 Å². The van der Waals surface area contributed by atoms with Crippen molar-refractivity contribution in [3.63, 3.8) is 0 Å². The van der Waals surface area contributed by atoms with Gasteiger partial charge < -0.3 is 10.2 Å². The number of nitrogens with one attached hydrogen (secondary N) is 2. The van der Waals surface area contributed by atoms with Crippen LogP contribution in [0.2, 0.25) is 5.02 Å². The van der Waals surface area contributed by atoms with Gasteiger partial charge in [0.15, 0.2) is 5.69 Å². The van der Waals surface area contributed by atoms with E-state index in [1.807, 2.05) is 53.4 Å². The van der Waals surface area contributed by atoms with Crippen molar-refractivity contribution in [3.8, 4) is 0 Å². The molecule has 2 heterocycles. The summed E-state index contributed by atoms with van der Waals surface area (Å²) in [5, 5.41) is 12.2. The van der Waals surface area contributed by atoms with E-state index in [9.17, 15) is 4.79 Å². The van der Waals surface area contributed by atoms with E-state index >= 15 is 0 Å². The third-order valence-electron chi connectivity index (χ3n) is 4.39. The fraction of sp³-hybridized carbons (Fsp3) is 0.222. The Kier molecular flexibility index (Phi) is 3.96. The summed E-state index contributed by atoms with van der Waals surface area (Å²) in [6, 6.07) is 15.5. The van der Waals surface area contributed by atoms with Crippen molar-refractivity contribution in [3.05, 3.63) is 64.8 Å². The van der Waals surface area contributed by atoms with Crippen LogP contribution < -0.4 is 5.32 Å². The molecule has 1 atom stereocenters. The van der Waals surface area contributed by atoms with Gasteiger partial charge >= 0.3 is 0 Å². The van der Waals surface area contributed by atoms with E-state index in [1.165, 1.54) is 0 Å². The van der Waals surface area contributed by atoms with Gasteiger partial charge in [-0.05, 0) is 23.8 Å². The monoisotopic (exact) mass is 340 g/mol. The summed E-state index contributed by atoms with van der Waals surface area (Å²) in [6.45, 7) is 2.00. The number of fused-ring (bicyclic) bond motifs is 1. The molecule has 5 nitrogen and oxygen atoms in total. The van der Waals surface area contributed by atoms with E-state index in [-0.39, 0.29) is 11.9 Å². The molecular formula is C18H17ClN4O. The quantitative estimate of drug-likeness (QED) is 0.754. The summed E-state index contributed by atoms with van der Waals surface area (Å²) in [5.74, 6) is -0.0408. The van der Waals surface area contributed by atoms with Crippen LogP contribution in [0.4, 0.5) is 0 Å². The molecule has 4 rings (SSSR count). The number of benzene rings is 2. The molecule has 1 saturated heterocycles. The van der Waals surface area contributed by atoms with Crippen LogP contribution in [0.15, 0.2) is 48.5 Å². The van der Waals surface area contributed by atoms with Crippen LogP contribution in [0, 0.1) is 0 Å². The lowest BCUT2D eigenvalue weighted by atomic mass is 10.0. The Bertz CT molecular complexity index is 891. The van der Waals surface area contributed by atoms with Gasteiger partial charge in [0.1, 0.15) is 0 Å². The Balaban J connectivity index is 1.58. The zero-order valence-electron chi connectivity index (χ0n) is 13.0. The maximum atomic E-state index is 12.9. The van der Waals surface area contributed by atoms with Crippen molar-refractivity contribution >= 4 is 28.4 Å². The second-order valence-electron chi connectivity index (χ2n) is 5.93. The van der Waals surface area contributed by atoms with Crippen molar-refractivity contribution in [1.29, 1.82) is 0 Å². The molecule has 0 bridgehead atoms. The largest absolute Gasteiger partial charge is 0.334 e. The van der Waals surface area contributed by atoms with Crippen LogP contribution in [0.1, 0.15) is 22.1 Å². The summed E-state index contributed by atoms with van der Waals surface area (Å²) < 4.78 is 0. The lowest BCUT2D eigenvalue weighted by molar-refractivity contribution is 0.0699. The fourth-order valence-corrected chi connectivity index (χ4v) is 3.36. The minimum atomic E-state index is -0.0408. The minimum Gasteiger partial charge on any atom is -0.334 e. The van der Waals surface area contributed by atoms with Gasteiger partial charge in [-0.3, -0.25) is 9.89 Å². The Morgan fingerprint density at radius 3 is 2.96 bits per heavy atom. The minimum absolute atomic E-state index is 0.0408. The van der Waals surface area contributed by atoms with Crippen LogP contribution in [0.25, 0.3) is 10.9 Å². The highest BCUT2D eigenvalue weighted by Gasteiger charge is 2.27. The van der Waals surface area contributed by atoms with Gasteiger partial charge in [-0.15, -0.1) is 0 Å². The summed E-state index contributed by atoms with van der Waals surface area (Å²) in [5.41, 5.74) is 2.45. The van der Waals surface area contributed by atoms with Gasteiger partial charge in [0.05, 0.1) is 11.6 Å². The van der Waals surface area contributed by atoms with E-state index in [0.29, 0.717) is 23.8 Å². The number of hydrogen-bond donors (Lipinski definition) is 2. The molecule has 0 radical (unpaired) electrons. The number of piperazine rings is 1. The van der Waals surface area contributed by atoms with Crippen LogP contribution in [-0.4, -0.2) is 40.6 Å². The summed E-state index contributed by atoms with van der Waals surface area (Å²) >= 11 is 6.09. The Morgan fingerprint density at radius 1 is 1.21 bits per heavy atom. The standard InChI is InChI=1S/C18H17ClN4O/c19-13-5-3-4-12(10-13)16-11-23(9-8-20-16)18(24)17-14-6-1-2-7-15(14)21-22-17/h1-7,10,16,20H,8-9,11H2,(H,21,22). The Labute approximate surface area is 144 Å². The molecule has 6 heteroatoms. The molecular weight excluding hydrogens is 324 g/mol. The molecule has 1 aliphatic rings. The first-order valence-corrected chi connectivity index (χ1v) is 8.31. The number of hydrogen-bond acceptors (Lipinski definition) is 3. The van der Waals surface area contributed by atoms with Crippen molar-refractivity contribution in [1.82, 2.24) is 20.4 Å². The van der Waals surface area contributed by atoms with E-state index in [4.69, 9.17) is 11.6 Å². The van der Waals surface area contributed by atoms with Crippen LogP contribution in [0.3, 0.4) is 0 Å². The topological polar surface area (TPSA) is 61.0 Å². The predicted octanol–water partition coefficient (Wildman–Crippen LogP) is 3.00. The number of rotatable bonds is 2.